The molecule has 0 radical (unpaired) electrons. The average molecular weight is 283 g/mol. The van der Waals surface area contributed by atoms with Crippen molar-refractivity contribution < 1.29 is 0 Å². The van der Waals surface area contributed by atoms with Crippen LogP contribution in [0.25, 0.3) is 0 Å². The van der Waals surface area contributed by atoms with Crippen LogP contribution in [0.15, 0.2) is 0 Å². The second kappa shape index (κ2) is 10.6. The summed E-state index contributed by atoms with van der Waals surface area (Å²) in [7, 11) is 2.33. The number of rotatable bonds is 10. The van der Waals surface area contributed by atoms with Gasteiger partial charge in [0.1, 0.15) is 0 Å². The lowest BCUT2D eigenvalue weighted by Gasteiger charge is -2.31. The van der Waals surface area contributed by atoms with Crippen molar-refractivity contribution >= 4 is 0 Å². The molecular formula is C18H38N2. The Labute approximate surface area is 127 Å². The standard InChI is InChI=1S/C18H38N2/c1-5-16(3)15-17(6-2)19-13-10-14-20(4)18-11-8-7-9-12-18/h16-19H,5-15H2,1-4H3. The number of hydrogen-bond acceptors (Lipinski definition) is 2. The lowest BCUT2D eigenvalue weighted by molar-refractivity contribution is 0.188. The molecule has 0 spiro atoms. The van der Waals surface area contributed by atoms with Crippen LogP contribution >= 0.6 is 0 Å². The second-order valence-electron chi connectivity index (χ2n) is 6.93. The molecule has 0 amide bonds. The SMILES string of the molecule is CCC(C)CC(CC)NCCCN(C)C1CCCCC1. The Bertz CT molecular complexity index is 219. The summed E-state index contributed by atoms with van der Waals surface area (Å²) in [4.78, 5) is 2.61. The summed E-state index contributed by atoms with van der Waals surface area (Å²) in [5.41, 5.74) is 0. The van der Waals surface area contributed by atoms with E-state index in [2.05, 4.69) is 38.0 Å². The average Bonchev–Trinajstić information content (AvgIpc) is 2.50. The molecule has 2 nitrogen and oxygen atoms in total. The summed E-state index contributed by atoms with van der Waals surface area (Å²) >= 11 is 0. The maximum atomic E-state index is 3.77. The van der Waals surface area contributed by atoms with Crippen LogP contribution < -0.4 is 5.32 Å². The number of nitrogens with one attached hydrogen (secondary N) is 1. The van der Waals surface area contributed by atoms with E-state index in [1.54, 1.807) is 0 Å². The smallest absolute Gasteiger partial charge is 0.00922 e. The van der Waals surface area contributed by atoms with Gasteiger partial charge in [0.15, 0.2) is 0 Å². The maximum absolute atomic E-state index is 3.77. The van der Waals surface area contributed by atoms with Gasteiger partial charge in [-0.25, -0.2) is 0 Å². The van der Waals surface area contributed by atoms with Crippen LogP contribution in [0.3, 0.4) is 0 Å². The van der Waals surface area contributed by atoms with Gasteiger partial charge in [0.25, 0.3) is 0 Å². The fraction of sp³-hybridized carbons (Fsp3) is 1.00. The normalized spacial score (nSPS) is 20.2. The molecule has 20 heavy (non-hydrogen) atoms. The van der Waals surface area contributed by atoms with Gasteiger partial charge in [0.2, 0.25) is 0 Å². The molecule has 1 rings (SSSR count). The Kier molecular flexibility index (Phi) is 9.54. The van der Waals surface area contributed by atoms with Gasteiger partial charge in [-0.3, -0.25) is 0 Å². The Morgan fingerprint density at radius 2 is 1.80 bits per heavy atom. The molecule has 1 aliphatic rings. The first-order chi connectivity index (χ1) is 9.67. The van der Waals surface area contributed by atoms with Crippen LogP contribution in [-0.4, -0.2) is 37.1 Å². The lowest BCUT2D eigenvalue weighted by atomic mass is 9.94. The molecule has 1 saturated carbocycles. The summed E-state index contributed by atoms with van der Waals surface area (Å²) in [6.45, 7) is 9.44. The van der Waals surface area contributed by atoms with E-state index in [1.807, 2.05) is 0 Å². The summed E-state index contributed by atoms with van der Waals surface area (Å²) in [5, 5.41) is 3.77. The van der Waals surface area contributed by atoms with Crippen molar-refractivity contribution in [3.8, 4) is 0 Å². The highest BCUT2D eigenvalue weighted by atomic mass is 15.1. The molecule has 0 heterocycles. The highest BCUT2D eigenvalue weighted by molar-refractivity contribution is 4.74. The quantitative estimate of drug-likeness (QED) is 0.596. The number of nitrogens with zero attached hydrogens (tertiary/aromatic N) is 1. The first-order valence-corrected chi connectivity index (χ1v) is 9.10. The van der Waals surface area contributed by atoms with Crippen molar-refractivity contribution in [1.29, 1.82) is 0 Å². The maximum Gasteiger partial charge on any atom is 0.00922 e. The molecular weight excluding hydrogens is 244 g/mol. The Morgan fingerprint density at radius 3 is 2.40 bits per heavy atom. The van der Waals surface area contributed by atoms with Gasteiger partial charge < -0.3 is 10.2 Å². The molecule has 0 aromatic rings. The molecule has 0 saturated heterocycles. The first kappa shape index (κ1) is 18.0. The van der Waals surface area contributed by atoms with Gasteiger partial charge >= 0.3 is 0 Å². The van der Waals surface area contributed by atoms with Crippen molar-refractivity contribution in [2.45, 2.75) is 90.6 Å². The van der Waals surface area contributed by atoms with E-state index >= 15 is 0 Å². The van der Waals surface area contributed by atoms with E-state index in [0.717, 1.165) is 18.0 Å². The number of hydrogen-bond donors (Lipinski definition) is 1. The van der Waals surface area contributed by atoms with Crippen LogP contribution in [0.4, 0.5) is 0 Å². The Morgan fingerprint density at radius 1 is 1.10 bits per heavy atom. The fourth-order valence-corrected chi connectivity index (χ4v) is 3.39. The van der Waals surface area contributed by atoms with Gasteiger partial charge in [-0.2, -0.15) is 0 Å². The molecule has 120 valence electrons. The summed E-state index contributed by atoms with van der Waals surface area (Å²) in [5.74, 6) is 0.859. The molecule has 0 aromatic heterocycles. The van der Waals surface area contributed by atoms with Gasteiger partial charge in [-0.05, 0) is 58.2 Å². The fourth-order valence-electron chi connectivity index (χ4n) is 3.39. The summed E-state index contributed by atoms with van der Waals surface area (Å²) < 4.78 is 0. The van der Waals surface area contributed by atoms with Crippen molar-refractivity contribution in [1.82, 2.24) is 10.2 Å². The van der Waals surface area contributed by atoms with Gasteiger partial charge in [-0.1, -0.05) is 46.5 Å². The molecule has 2 atom stereocenters. The zero-order chi connectivity index (χ0) is 14.8. The minimum absolute atomic E-state index is 0.727. The minimum atomic E-state index is 0.727. The van der Waals surface area contributed by atoms with Crippen molar-refractivity contribution in [3.63, 3.8) is 0 Å². The first-order valence-electron chi connectivity index (χ1n) is 9.10. The Balaban J connectivity index is 2.09. The van der Waals surface area contributed by atoms with Crippen LogP contribution in [0, 0.1) is 5.92 Å². The van der Waals surface area contributed by atoms with E-state index in [4.69, 9.17) is 0 Å². The van der Waals surface area contributed by atoms with Crippen LogP contribution in [0.2, 0.25) is 0 Å². The van der Waals surface area contributed by atoms with Gasteiger partial charge in [-0.15, -0.1) is 0 Å². The third-order valence-electron chi connectivity index (χ3n) is 5.20. The van der Waals surface area contributed by atoms with E-state index in [-0.39, 0.29) is 0 Å². The third kappa shape index (κ3) is 7.08. The molecule has 0 bridgehead atoms. The highest BCUT2D eigenvalue weighted by Gasteiger charge is 2.17. The van der Waals surface area contributed by atoms with Gasteiger partial charge in [0, 0.05) is 12.1 Å². The molecule has 1 fully saturated rings. The molecule has 0 aromatic carbocycles. The highest BCUT2D eigenvalue weighted by Crippen LogP contribution is 2.21. The molecule has 1 aliphatic carbocycles. The van der Waals surface area contributed by atoms with E-state index < -0.39 is 0 Å². The summed E-state index contributed by atoms with van der Waals surface area (Å²) in [6, 6.07) is 1.59. The Hall–Kier alpha value is -0.0800. The van der Waals surface area contributed by atoms with Crippen LogP contribution in [0.5, 0.6) is 0 Å². The molecule has 0 aliphatic heterocycles. The molecule has 2 heteroatoms. The van der Waals surface area contributed by atoms with E-state index in [1.165, 1.54) is 70.9 Å². The van der Waals surface area contributed by atoms with E-state index in [0.29, 0.717) is 0 Å². The van der Waals surface area contributed by atoms with Crippen molar-refractivity contribution in [3.05, 3.63) is 0 Å². The van der Waals surface area contributed by atoms with Crippen molar-refractivity contribution in [2.24, 2.45) is 5.92 Å². The largest absolute Gasteiger partial charge is 0.314 e. The van der Waals surface area contributed by atoms with Gasteiger partial charge in [0.05, 0.1) is 0 Å². The topological polar surface area (TPSA) is 15.3 Å². The van der Waals surface area contributed by atoms with E-state index in [9.17, 15) is 0 Å². The van der Waals surface area contributed by atoms with Crippen LogP contribution in [0.1, 0.15) is 78.6 Å². The van der Waals surface area contributed by atoms with Crippen LogP contribution in [-0.2, 0) is 0 Å². The molecule has 1 N–H and O–H groups in total. The summed E-state index contributed by atoms with van der Waals surface area (Å²) in [6.07, 6.45) is 12.4. The third-order valence-corrected chi connectivity index (χ3v) is 5.20. The predicted molar refractivity (Wildman–Crippen MR) is 90.3 cm³/mol. The second-order valence-corrected chi connectivity index (χ2v) is 6.93. The zero-order valence-corrected chi connectivity index (χ0v) is 14.5. The minimum Gasteiger partial charge on any atom is -0.314 e. The van der Waals surface area contributed by atoms with Crippen molar-refractivity contribution in [2.75, 3.05) is 20.1 Å². The molecule has 2 unspecified atom stereocenters. The predicted octanol–water partition coefficient (Wildman–Crippen LogP) is 4.45. The monoisotopic (exact) mass is 282 g/mol. The lowest BCUT2D eigenvalue weighted by Crippen LogP contribution is -2.37. The zero-order valence-electron chi connectivity index (χ0n) is 14.5.